The van der Waals surface area contributed by atoms with Crippen molar-refractivity contribution in [1.82, 2.24) is 25.8 Å². The first-order valence-corrected chi connectivity index (χ1v) is 15.8. The van der Waals surface area contributed by atoms with Crippen molar-refractivity contribution < 1.29 is 19.1 Å². The molecule has 0 unspecified atom stereocenters. The Kier molecular flexibility index (Phi) is 10.4. The predicted molar refractivity (Wildman–Crippen MR) is 166 cm³/mol. The monoisotopic (exact) mass is 589 g/mol. The summed E-state index contributed by atoms with van der Waals surface area (Å²) in [5, 5.41) is 9.61. The molecule has 3 amide bonds. The maximum Gasteiger partial charge on any atom is 0.224 e. The van der Waals surface area contributed by atoms with E-state index in [1.807, 2.05) is 36.4 Å². The Balaban J connectivity index is 1.32. The van der Waals surface area contributed by atoms with Gasteiger partial charge in [0, 0.05) is 52.1 Å². The van der Waals surface area contributed by atoms with Crippen molar-refractivity contribution in [3.8, 4) is 5.75 Å². The standard InChI is InChI=1S/C34H47N5O4/c1-38-15-11-27-19-31(40)36-22-28-8-4-3-7-26(28)20-32(41)37-34(21-33(42)35-14-10-29(27)24-38)12-16-39(17-13-34)23-25-6-5-9-30(18-25)43-2/h3-9,18,27,29H,10-17,19-24H2,1-2H3,(H,35,42)(H,36,40)(H,37,41)/t27-,29-/m0/s1. The molecule has 2 fully saturated rings. The van der Waals surface area contributed by atoms with Crippen molar-refractivity contribution in [2.45, 2.75) is 63.6 Å². The molecule has 3 aliphatic rings. The number of ether oxygens (including phenoxy) is 1. The van der Waals surface area contributed by atoms with Gasteiger partial charge in [-0.3, -0.25) is 19.3 Å². The molecule has 0 bridgehead atoms. The number of methoxy groups -OCH3 is 1. The zero-order valence-corrected chi connectivity index (χ0v) is 25.7. The molecule has 0 aliphatic carbocycles. The Labute approximate surface area is 255 Å². The summed E-state index contributed by atoms with van der Waals surface area (Å²) in [7, 11) is 3.80. The van der Waals surface area contributed by atoms with Crippen molar-refractivity contribution in [3.63, 3.8) is 0 Å². The summed E-state index contributed by atoms with van der Waals surface area (Å²) in [5.41, 5.74) is 2.44. The zero-order valence-electron chi connectivity index (χ0n) is 25.7. The molecule has 2 atom stereocenters. The first kappa shape index (κ1) is 31.0. The number of carbonyl (C=O) groups excluding carboxylic acids is 3. The van der Waals surface area contributed by atoms with Gasteiger partial charge in [-0.15, -0.1) is 0 Å². The molecule has 1 spiro atoms. The number of piperidine rings is 2. The fourth-order valence-electron chi connectivity index (χ4n) is 7.06. The van der Waals surface area contributed by atoms with E-state index >= 15 is 0 Å². The summed E-state index contributed by atoms with van der Waals surface area (Å²) in [5.74, 6) is 1.42. The molecule has 2 saturated heterocycles. The van der Waals surface area contributed by atoms with Crippen LogP contribution in [0.1, 0.15) is 55.2 Å². The largest absolute Gasteiger partial charge is 0.497 e. The van der Waals surface area contributed by atoms with Crippen LogP contribution in [0, 0.1) is 11.8 Å². The van der Waals surface area contributed by atoms with Crippen LogP contribution in [0.4, 0.5) is 0 Å². The van der Waals surface area contributed by atoms with Gasteiger partial charge in [-0.2, -0.15) is 0 Å². The fraction of sp³-hybridized carbons (Fsp3) is 0.559. The van der Waals surface area contributed by atoms with E-state index in [9.17, 15) is 14.4 Å². The summed E-state index contributed by atoms with van der Waals surface area (Å²) >= 11 is 0. The van der Waals surface area contributed by atoms with E-state index in [1.54, 1.807) is 7.11 Å². The SMILES string of the molecule is COc1cccc(CN2CCC3(CC2)CC(=O)NCC[C@H]2CN(C)CC[C@H]2CC(=O)NCc2ccccc2CC(=O)N3)c1. The molecule has 0 saturated carbocycles. The summed E-state index contributed by atoms with van der Waals surface area (Å²) in [6.45, 7) is 5.25. The van der Waals surface area contributed by atoms with Crippen molar-refractivity contribution in [2.75, 3.05) is 46.9 Å². The average Bonchev–Trinajstić information content (AvgIpc) is 2.99. The first-order chi connectivity index (χ1) is 20.8. The van der Waals surface area contributed by atoms with Gasteiger partial charge in [0.05, 0.1) is 19.1 Å². The Hall–Kier alpha value is -3.43. The van der Waals surface area contributed by atoms with Crippen molar-refractivity contribution in [2.24, 2.45) is 11.8 Å². The zero-order chi connectivity index (χ0) is 30.2. The highest BCUT2D eigenvalue weighted by atomic mass is 16.5. The second-order valence-corrected chi connectivity index (χ2v) is 12.8. The van der Waals surface area contributed by atoms with E-state index in [0.717, 1.165) is 62.4 Å². The quantitative estimate of drug-likeness (QED) is 0.509. The lowest BCUT2D eigenvalue weighted by Gasteiger charge is -2.42. The predicted octanol–water partition coefficient (Wildman–Crippen LogP) is 2.87. The summed E-state index contributed by atoms with van der Waals surface area (Å²) < 4.78 is 5.39. The number of nitrogens with one attached hydrogen (secondary N) is 3. The van der Waals surface area contributed by atoms with E-state index in [4.69, 9.17) is 4.74 Å². The maximum absolute atomic E-state index is 13.5. The number of rotatable bonds is 3. The lowest BCUT2D eigenvalue weighted by atomic mass is 9.81. The molecular weight excluding hydrogens is 542 g/mol. The highest BCUT2D eigenvalue weighted by molar-refractivity contribution is 5.82. The lowest BCUT2D eigenvalue weighted by molar-refractivity contribution is -0.127. The van der Waals surface area contributed by atoms with E-state index in [2.05, 4.69) is 44.9 Å². The second kappa shape index (κ2) is 14.4. The highest BCUT2D eigenvalue weighted by Gasteiger charge is 2.38. The molecule has 0 aromatic heterocycles. The average molecular weight is 590 g/mol. The third-order valence-corrected chi connectivity index (χ3v) is 9.58. The Morgan fingerprint density at radius 2 is 1.67 bits per heavy atom. The lowest BCUT2D eigenvalue weighted by Crippen LogP contribution is -2.57. The van der Waals surface area contributed by atoms with Gasteiger partial charge in [-0.25, -0.2) is 0 Å². The number of nitrogens with zero attached hydrogens (tertiary/aromatic N) is 2. The molecule has 3 heterocycles. The van der Waals surface area contributed by atoms with Crippen LogP contribution >= 0.6 is 0 Å². The molecule has 2 aromatic carbocycles. The fourth-order valence-corrected chi connectivity index (χ4v) is 7.06. The van der Waals surface area contributed by atoms with E-state index in [0.29, 0.717) is 44.2 Å². The molecule has 3 N–H and O–H groups in total. The highest BCUT2D eigenvalue weighted by Crippen LogP contribution is 2.30. The van der Waals surface area contributed by atoms with E-state index < -0.39 is 5.54 Å². The molecule has 0 radical (unpaired) electrons. The van der Waals surface area contributed by atoms with Crippen molar-refractivity contribution in [1.29, 1.82) is 0 Å². The van der Waals surface area contributed by atoms with Crippen LogP contribution < -0.4 is 20.7 Å². The molecule has 9 nitrogen and oxygen atoms in total. The minimum atomic E-state index is -0.600. The van der Waals surface area contributed by atoms with E-state index in [-0.39, 0.29) is 30.6 Å². The number of carbonyl (C=O) groups is 3. The van der Waals surface area contributed by atoms with Crippen LogP contribution in [-0.4, -0.2) is 79.9 Å². The maximum atomic E-state index is 13.5. The third-order valence-electron chi connectivity index (χ3n) is 9.58. The molecule has 43 heavy (non-hydrogen) atoms. The van der Waals surface area contributed by atoms with Crippen LogP contribution in [0.25, 0.3) is 0 Å². The molecule has 3 aliphatic heterocycles. The van der Waals surface area contributed by atoms with Crippen molar-refractivity contribution >= 4 is 17.7 Å². The minimum absolute atomic E-state index is 0.0234. The Bertz CT molecular complexity index is 1270. The summed E-state index contributed by atoms with van der Waals surface area (Å²) in [4.78, 5) is 44.6. The number of hydrogen-bond donors (Lipinski definition) is 3. The van der Waals surface area contributed by atoms with Gasteiger partial charge in [0.15, 0.2) is 0 Å². The van der Waals surface area contributed by atoms with Crippen LogP contribution in [0.2, 0.25) is 0 Å². The molecule has 2 aromatic rings. The van der Waals surface area contributed by atoms with Crippen LogP contribution in [0.5, 0.6) is 5.75 Å². The molecule has 9 heteroatoms. The third kappa shape index (κ3) is 8.57. The smallest absolute Gasteiger partial charge is 0.224 e. The van der Waals surface area contributed by atoms with Gasteiger partial charge < -0.3 is 25.6 Å². The number of likely N-dealkylation sites (tertiary alicyclic amines) is 2. The summed E-state index contributed by atoms with van der Waals surface area (Å²) in [6, 6.07) is 15.9. The number of fused-ring (bicyclic) bond motifs is 2. The molecule has 232 valence electrons. The normalized spacial score (nSPS) is 24.6. The van der Waals surface area contributed by atoms with Gasteiger partial charge in [-0.1, -0.05) is 36.4 Å². The van der Waals surface area contributed by atoms with Gasteiger partial charge in [0.1, 0.15) is 5.75 Å². The Morgan fingerprint density at radius 3 is 2.47 bits per heavy atom. The molecular formula is C34H47N5O4. The number of benzene rings is 2. The molecule has 5 rings (SSSR count). The summed E-state index contributed by atoms with van der Waals surface area (Å²) in [6.07, 6.45) is 4.18. The van der Waals surface area contributed by atoms with Crippen LogP contribution in [-0.2, 0) is 33.9 Å². The van der Waals surface area contributed by atoms with Gasteiger partial charge in [0.25, 0.3) is 0 Å². The van der Waals surface area contributed by atoms with Gasteiger partial charge in [0.2, 0.25) is 17.7 Å². The Morgan fingerprint density at radius 1 is 0.884 bits per heavy atom. The van der Waals surface area contributed by atoms with Crippen molar-refractivity contribution in [3.05, 3.63) is 65.2 Å². The van der Waals surface area contributed by atoms with E-state index in [1.165, 1.54) is 5.56 Å². The number of amides is 3. The van der Waals surface area contributed by atoms with Crippen LogP contribution in [0.3, 0.4) is 0 Å². The number of hydrogen-bond acceptors (Lipinski definition) is 6. The minimum Gasteiger partial charge on any atom is -0.497 e. The second-order valence-electron chi connectivity index (χ2n) is 12.8. The van der Waals surface area contributed by atoms with Crippen LogP contribution in [0.15, 0.2) is 48.5 Å². The first-order valence-electron chi connectivity index (χ1n) is 15.8. The topological polar surface area (TPSA) is 103 Å². The van der Waals surface area contributed by atoms with Gasteiger partial charge >= 0.3 is 0 Å². The van der Waals surface area contributed by atoms with Gasteiger partial charge in [-0.05, 0) is 79.9 Å².